The number of aromatic nitrogens is 2. The Morgan fingerprint density at radius 1 is 1.00 bits per heavy atom. The van der Waals surface area contributed by atoms with Gasteiger partial charge in [0.1, 0.15) is 5.75 Å². The zero-order valence-electron chi connectivity index (χ0n) is 15.8. The Morgan fingerprint density at radius 3 is 2.43 bits per heavy atom. The average Bonchev–Trinajstić information content (AvgIpc) is 2.69. The molecule has 0 atom stereocenters. The van der Waals surface area contributed by atoms with Crippen LogP contribution in [-0.4, -0.2) is 28.8 Å². The summed E-state index contributed by atoms with van der Waals surface area (Å²) in [6.07, 6.45) is 2.86. The number of nitrogens with zero attached hydrogens (tertiary/aromatic N) is 2. The van der Waals surface area contributed by atoms with Gasteiger partial charge in [-0.1, -0.05) is 18.2 Å². The number of nitrogens with one attached hydrogen (secondary N) is 2. The van der Waals surface area contributed by atoms with Crippen molar-refractivity contribution in [3.8, 4) is 5.75 Å². The molecule has 28 heavy (non-hydrogen) atoms. The molecule has 0 aliphatic rings. The van der Waals surface area contributed by atoms with Gasteiger partial charge in [-0.05, 0) is 43.7 Å². The fourth-order valence-corrected chi connectivity index (χ4v) is 2.57. The second-order valence-electron chi connectivity index (χ2n) is 6.22. The highest BCUT2D eigenvalue weighted by atomic mass is 16.5. The SMILES string of the molecule is COc1ccc(C)cc1NC(=O)c1cnc(Nc2cccc(C(C)=O)c2)nc1. The van der Waals surface area contributed by atoms with E-state index in [0.29, 0.717) is 34.2 Å². The van der Waals surface area contributed by atoms with E-state index in [2.05, 4.69) is 20.6 Å². The second-order valence-corrected chi connectivity index (χ2v) is 6.22. The Balaban J connectivity index is 1.72. The molecule has 2 N–H and O–H groups in total. The van der Waals surface area contributed by atoms with Gasteiger partial charge in [-0.25, -0.2) is 9.97 Å². The molecule has 7 nitrogen and oxygen atoms in total. The Kier molecular flexibility index (Phi) is 5.64. The molecule has 1 heterocycles. The first-order valence-electron chi connectivity index (χ1n) is 8.62. The van der Waals surface area contributed by atoms with Gasteiger partial charge >= 0.3 is 0 Å². The number of amides is 1. The minimum absolute atomic E-state index is 0.0248. The molecule has 0 radical (unpaired) electrons. The first-order valence-corrected chi connectivity index (χ1v) is 8.62. The minimum Gasteiger partial charge on any atom is -0.495 e. The van der Waals surface area contributed by atoms with Crippen LogP contribution in [-0.2, 0) is 0 Å². The smallest absolute Gasteiger partial charge is 0.258 e. The number of hydrogen-bond acceptors (Lipinski definition) is 6. The third-order valence-electron chi connectivity index (χ3n) is 4.04. The molecule has 142 valence electrons. The number of hydrogen-bond donors (Lipinski definition) is 2. The predicted octanol–water partition coefficient (Wildman–Crippen LogP) is 3.99. The van der Waals surface area contributed by atoms with Gasteiger partial charge in [0.2, 0.25) is 5.95 Å². The molecular weight excluding hydrogens is 356 g/mol. The summed E-state index contributed by atoms with van der Waals surface area (Å²) in [6, 6.07) is 12.6. The highest BCUT2D eigenvalue weighted by Crippen LogP contribution is 2.25. The van der Waals surface area contributed by atoms with Gasteiger partial charge in [-0.2, -0.15) is 0 Å². The summed E-state index contributed by atoms with van der Waals surface area (Å²) >= 11 is 0. The Bertz CT molecular complexity index is 1020. The summed E-state index contributed by atoms with van der Waals surface area (Å²) in [5.41, 5.74) is 3.17. The van der Waals surface area contributed by atoms with E-state index < -0.39 is 0 Å². The Hall–Kier alpha value is -3.74. The normalized spacial score (nSPS) is 10.2. The van der Waals surface area contributed by atoms with Gasteiger partial charge in [0.25, 0.3) is 5.91 Å². The van der Waals surface area contributed by atoms with Crippen molar-refractivity contribution in [2.75, 3.05) is 17.7 Å². The number of aryl methyl sites for hydroxylation is 1. The number of ketones is 1. The van der Waals surface area contributed by atoms with Crippen molar-refractivity contribution in [2.45, 2.75) is 13.8 Å². The zero-order valence-corrected chi connectivity index (χ0v) is 15.8. The van der Waals surface area contributed by atoms with Crippen molar-refractivity contribution >= 4 is 29.0 Å². The molecule has 0 unspecified atom stereocenters. The van der Waals surface area contributed by atoms with Gasteiger partial charge in [-0.3, -0.25) is 9.59 Å². The topological polar surface area (TPSA) is 93.2 Å². The van der Waals surface area contributed by atoms with Crippen LogP contribution in [0.3, 0.4) is 0 Å². The van der Waals surface area contributed by atoms with Gasteiger partial charge < -0.3 is 15.4 Å². The molecule has 1 amide bonds. The second kappa shape index (κ2) is 8.30. The average molecular weight is 376 g/mol. The van der Waals surface area contributed by atoms with Gasteiger partial charge in [0.15, 0.2) is 5.78 Å². The van der Waals surface area contributed by atoms with E-state index in [1.165, 1.54) is 19.3 Å². The van der Waals surface area contributed by atoms with E-state index in [-0.39, 0.29) is 11.7 Å². The fourth-order valence-electron chi connectivity index (χ4n) is 2.57. The molecule has 3 aromatic rings. The summed E-state index contributed by atoms with van der Waals surface area (Å²) in [4.78, 5) is 32.3. The quantitative estimate of drug-likeness (QED) is 0.632. The van der Waals surface area contributed by atoms with Gasteiger partial charge in [-0.15, -0.1) is 0 Å². The third-order valence-corrected chi connectivity index (χ3v) is 4.04. The van der Waals surface area contributed by atoms with Crippen molar-refractivity contribution < 1.29 is 14.3 Å². The molecule has 1 aromatic heterocycles. The standard InChI is InChI=1S/C21H20N4O3/c1-13-7-8-19(28-3)18(9-13)25-20(27)16-11-22-21(23-12-16)24-17-6-4-5-15(10-17)14(2)26/h4-12H,1-3H3,(H,25,27)(H,22,23,24). The first-order chi connectivity index (χ1) is 13.5. The van der Waals surface area contributed by atoms with Crippen molar-refractivity contribution in [2.24, 2.45) is 0 Å². The van der Waals surface area contributed by atoms with E-state index in [9.17, 15) is 9.59 Å². The first kappa shape index (κ1) is 19.0. The van der Waals surface area contributed by atoms with Crippen LogP contribution in [0.15, 0.2) is 54.9 Å². The van der Waals surface area contributed by atoms with Crippen LogP contribution in [0.2, 0.25) is 0 Å². The maximum absolute atomic E-state index is 12.5. The molecule has 2 aromatic carbocycles. The number of carbonyl (C=O) groups excluding carboxylic acids is 2. The lowest BCUT2D eigenvalue weighted by Gasteiger charge is -2.11. The molecule has 0 aliphatic carbocycles. The zero-order chi connectivity index (χ0) is 20.1. The summed E-state index contributed by atoms with van der Waals surface area (Å²) < 4.78 is 5.27. The van der Waals surface area contributed by atoms with Crippen LogP contribution >= 0.6 is 0 Å². The number of methoxy groups -OCH3 is 1. The summed E-state index contributed by atoms with van der Waals surface area (Å²) in [5, 5.41) is 5.82. The summed E-state index contributed by atoms with van der Waals surface area (Å²) in [7, 11) is 1.55. The van der Waals surface area contributed by atoms with Crippen LogP contribution < -0.4 is 15.4 Å². The van der Waals surface area contributed by atoms with Crippen molar-refractivity contribution in [1.29, 1.82) is 0 Å². The van der Waals surface area contributed by atoms with Crippen LogP contribution in [0.5, 0.6) is 5.75 Å². The van der Waals surface area contributed by atoms with Crippen LogP contribution in [0.1, 0.15) is 33.2 Å². The molecule has 0 spiro atoms. The predicted molar refractivity (Wildman–Crippen MR) is 107 cm³/mol. The van der Waals surface area contributed by atoms with Crippen LogP contribution in [0.4, 0.5) is 17.3 Å². The Labute approximate surface area is 162 Å². The monoisotopic (exact) mass is 376 g/mol. The lowest BCUT2D eigenvalue weighted by Crippen LogP contribution is -2.14. The molecule has 0 saturated carbocycles. The van der Waals surface area contributed by atoms with Crippen molar-refractivity contribution in [3.63, 3.8) is 0 Å². The largest absolute Gasteiger partial charge is 0.495 e. The van der Waals surface area contributed by atoms with E-state index in [1.54, 1.807) is 37.4 Å². The molecule has 0 saturated heterocycles. The number of rotatable bonds is 6. The lowest BCUT2D eigenvalue weighted by molar-refractivity contribution is 0.101. The highest BCUT2D eigenvalue weighted by Gasteiger charge is 2.11. The third kappa shape index (κ3) is 4.50. The van der Waals surface area contributed by atoms with Gasteiger partial charge in [0, 0.05) is 23.6 Å². The van der Waals surface area contributed by atoms with E-state index in [0.717, 1.165) is 5.56 Å². The molecule has 0 bridgehead atoms. The van der Waals surface area contributed by atoms with Crippen molar-refractivity contribution in [3.05, 3.63) is 71.5 Å². The maximum Gasteiger partial charge on any atom is 0.258 e. The summed E-state index contributed by atoms with van der Waals surface area (Å²) in [5.74, 6) is 0.533. The highest BCUT2D eigenvalue weighted by molar-refractivity contribution is 6.04. The van der Waals surface area contributed by atoms with Crippen LogP contribution in [0.25, 0.3) is 0 Å². The van der Waals surface area contributed by atoms with E-state index in [1.807, 2.05) is 19.1 Å². The van der Waals surface area contributed by atoms with Crippen molar-refractivity contribution in [1.82, 2.24) is 9.97 Å². The van der Waals surface area contributed by atoms with E-state index in [4.69, 9.17) is 4.74 Å². The maximum atomic E-state index is 12.5. The number of Topliss-reactive ketones (excluding diaryl/α,β-unsaturated/α-hetero) is 1. The summed E-state index contributed by atoms with van der Waals surface area (Å²) in [6.45, 7) is 3.44. The molecule has 3 rings (SSSR count). The number of ether oxygens (including phenoxy) is 1. The number of benzene rings is 2. The molecule has 0 aliphatic heterocycles. The van der Waals surface area contributed by atoms with Crippen LogP contribution in [0, 0.1) is 6.92 Å². The number of anilines is 3. The van der Waals surface area contributed by atoms with E-state index >= 15 is 0 Å². The lowest BCUT2D eigenvalue weighted by atomic mass is 10.1. The molecular formula is C21H20N4O3. The Morgan fingerprint density at radius 2 is 1.75 bits per heavy atom. The fraction of sp³-hybridized carbons (Fsp3) is 0.143. The minimum atomic E-state index is -0.339. The molecule has 0 fully saturated rings. The molecule has 7 heteroatoms. The number of carbonyl (C=O) groups is 2. The van der Waals surface area contributed by atoms with Gasteiger partial charge in [0.05, 0.1) is 18.4 Å².